The molecule has 11 nitrogen and oxygen atoms in total. The number of rotatable bonds is 6. The fraction of sp³-hybridized carbons (Fsp3) is 0.462. The molecule has 4 atom stereocenters. The molecule has 24 heavy (non-hydrogen) atoms. The first-order valence-electron chi connectivity index (χ1n) is 7.14. The van der Waals surface area contributed by atoms with E-state index in [2.05, 4.69) is 26.8 Å². The standard InChI is InChI=1S/C13H16N6O5/c1-2-3-19(17-23)12-8-11(14-5-15-12)18(6-16-8)13-10(22)9(21)7(4-20)24-13/h2,5-7,9-10,13,20-22H,1,3-4H2/t7-,9-,10+,13-/m1/s1. The summed E-state index contributed by atoms with van der Waals surface area (Å²) in [5.74, 6) is 0.181. The molecule has 1 aliphatic rings. The molecule has 0 radical (unpaired) electrons. The molecular formula is C13H16N6O5. The third-order valence-corrected chi connectivity index (χ3v) is 3.78. The molecule has 1 fully saturated rings. The van der Waals surface area contributed by atoms with Gasteiger partial charge in [0, 0.05) is 0 Å². The number of imidazole rings is 1. The highest BCUT2D eigenvalue weighted by atomic mass is 16.6. The van der Waals surface area contributed by atoms with Gasteiger partial charge in [0.2, 0.25) is 0 Å². The summed E-state index contributed by atoms with van der Waals surface area (Å²) in [4.78, 5) is 23.2. The number of hydrogen-bond acceptors (Lipinski definition) is 9. The van der Waals surface area contributed by atoms with E-state index in [1.54, 1.807) is 0 Å². The van der Waals surface area contributed by atoms with E-state index in [-0.39, 0.29) is 23.5 Å². The summed E-state index contributed by atoms with van der Waals surface area (Å²) < 4.78 is 6.86. The Hall–Kier alpha value is -2.47. The van der Waals surface area contributed by atoms with Crippen LogP contribution in [0.2, 0.25) is 0 Å². The summed E-state index contributed by atoms with van der Waals surface area (Å²) in [5, 5.41) is 33.1. The van der Waals surface area contributed by atoms with E-state index in [0.717, 1.165) is 5.01 Å². The minimum absolute atomic E-state index is 0.135. The van der Waals surface area contributed by atoms with Crippen LogP contribution in [0.15, 0.2) is 30.6 Å². The summed E-state index contributed by atoms with van der Waals surface area (Å²) in [6.07, 6.45) is -0.365. The first-order valence-corrected chi connectivity index (χ1v) is 7.14. The first kappa shape index (κ1) is 16.4. The highest BCUT2D eigenvalue weighted by Crippen LogP contribution is 2.32. The second-order valence-corrected chi connectivity index (χ2v) is 5.20. The zero-order valence-electron chi connectivity index (χ0n) is 12.5. The Morgan fingerprint density at radius 3 is 2.79 bits per heavy atom. The monoisotopic (exact) mass is 336 g/mol. The number of nitroso groups, excluding NO2 is 1. The van der Waals surface area contributed by atoms with Crippen LogP contribution in [-0.4, -0.2) is 66.3 Å². The highest BCUT2D eigenvalue weighted by molar-refractivity contribution is 5.83. The van der Waals surface area contributed by atoms with Crippen LogP contribution < -0.4 is 5.01 Å². The first-order chi connectivity index (χ1) is 11.6. The molecule has 2 aromatic heterocycles. The van der Waals surface area contributed by atoms with Gasteiger partial charge >= 0.3 is 0 Å². The lowest BCUT2D eigenvalue weighted by atomic mass is 10.1. The van der Waals surface area contributed by atoms with E-state index < -0.39 is 31.1 Å². The van der Waals surface area contributed by atoms with E-state index in [1.807, 2.05) is 0 Å². The van der Waals surface area contributed by atoms with Crippen LogP contribution >= 0.6 is 0 Å². The molecule has 3 rings (SSSR count). The summed E-state index contributed by atoms with van der Waals surface area (Å²) in [7, 11) is 0. The molecule has 0 aliphatic carbocycles. The van der Waals surface area contributed by atoms with Gasteiger partial charge in [0.1, 0.15) is 24.6 Å². The molecule has 0 spiro atoms. The normalized spacial score (nSPS) is 26.6. The van der Waals surface area contributed by atoms with Crippen molar-refractivity contribution in [1.29, 1.82) is 0 Å². The number of hydrogen-bond donors (Lipinski definition) is 3. The van der Waals surface area contributed by atoms with Crippen LogP contribution in [0.4, 0.5) is 5.82 Å². The molecule has 0 aromatic carbocycles. The average molecular weight is 336 g/mol. The number of anilines is 1. The average Bonchev–Trinajstić information content (AvgIpc) is 3.14. The van der Waals surface area contributed by atoms with Crippen molar-refractivity contribution in [2.75, 3.05) is 18.2 Å². The molecule has 3 N–H and O–H groups in total. The molecule has 2 aromatic rings. The van der Waals surface area contributed by atoms with E-state index in [9.17, 15) is 20.2 Å². The molecule has 0 unspecified atom stereocenters. The van der Waals surface area contributed by atoms with Gasteiger partial charge in [-0.2, -0.15) is 0 Å². The number of aliphatic hydroxyl groups excluding tert-OH is 3. The molecule has 128 valence electrons. The van der Waals surface area contributed by atoms with Crippen molar-refractivity contribution < 1.29 is 20.1 Å². The molecule has 11 heteroatoms. The van der Waals surface area contributed by atoms with Gasteiger partial charge in [-0.15, -0.1) is 11.5 Å². The zero-order valence-corrected chi connectivity index (χ0v) is 12.5. The second-order valence-electron chi connectivity index (χ2n) is 5.20. The van der Waals surface area contributed by atoms with Crippen molar-refractivity contribution in [1.82, 2.24) is 19.5 Å². The van der Waals surface area contributed by atoms with Crippen LogP contribution in [0.25, 0.3) is 11.2 Å². The maximum absolute atomic E-state index is 11.0. The van der Waals surface area contributed by atoms with Crippen LogP contribution in [0.5, 0.6) is 0 Å². The summed E-state index contributed by atoms with van der Waals surface area (Å²) in [5.41, 5.74) is 0.559. The number of fused-ring (bicyclic) bond motifs is 1. The SMILES string of the molecule is C=CCN(N=O)c1ncnc2c1ncn2[C@@H]1O[C@H](CO)[C@@H](O)[C@@H]1O. The molecule has 1 saturated heterocycles. The Morgan fingerprint density at radius 1 is 1.38 bits per heavy atom. The Kier molecular flexibility index (Phi) is 4.49. The molecule has 0 amide bonds. The topological polar surface area (TPSA) is 146 Å². The van der Waals surface area contributed by atoms with Gasteiger partial charge in [0.05, 0.1) is 24.8 Å². The highest BCUT2D eigenvalue weighted by Gasteiger charge is 2.44. The smallest absolute Gasteiger partial charge is 0.183 e. The van der Waals surface area contributed by atoms with E-state index >= 15 is 0 Å². The minimum Gasteiger partial charge on any atom is -0.394 e. The lowest BCUT2D eigenvalue weighted by molar-refractivity contribution is -0.0511. The van der Waals surface area contributed by atoms with Gasteiger partial charge < -0.3 is 20.1 Å². The number of ether oxygens (including phenoxy) is 1. The maximum Gasteiger partial charge on any atom is 0.183 e. The Balaban J connectivity index is 2.03. The summed E-state index contributed by atoms with van der Waals surface area (Å²) in [6, 6.07) is 0. The van der Waals surface area contributed by atoms with E-state index in [4.69, 9.17) is 4.74 Å². The lowest BCUT2D eigenvalue weighted by Crippen LogP contribution is -2.33. The van der Waals surface area contributed by atoms with Crippen molar-refractivity contribution in [2.45, 2.75) is 24.5 Å². The lowest BCUT2D eigenvalue weighted by Gasteiger charge is -2.17. The summed E-state index contributed by atoms with van der Waals surface area (Å²) >= 11 is 0. The second kappa shape index (κ2) is 6.57. The van der Waals surface area contributed by atoms with E-state index in [1.165, 1.54) is 23.3 Å². The van der Waals surface area contributed by atoms with Crippen LogP contribution in [0.3, 0.4) is 0 Å². The summed E-state index contributed by atoms with van der Waals surface area (Å²) in [6.45, 7) is 3.24. The van der Waals surface area contributed by atoms with Crippen molar-refractivity contribution in [3.05, 3.63) is 30.2 Å². The van der Waals surface area contributed by atoms with Crippen LogP contribution in [-0.2, 0) is 4.74 Å². The van der Waals surface area contributed by atoms with Gasteiger partial charge in [-0.05, 0) is 0 Å². The van der Waals surface area contributed by atoms with Gasteiger partial charge in [-0.25, -0.2) is 20.0 Å². The fourth-order valence-corrected chi connectivity index (χ4v) is 2.61. The van der Waals surface area contributed by atoms with Crippen molar-refractivity contribution >= 4 is 17.0 Å². The molecule has 1 aliphatic heterocycles. The van der Waals surface area contributed by atoms with Gasteiger partial charge in [0.25, 0.3) is 0 Å². The number of aromatic nitrogens is 4. The van der Waals surface area contributed by atoms with Gasteiger partial charge in [-0.1, -0.05) is 6.08 Å². The third-order valence-electron chi connectivity index (χ3n) is 3.78. The Labute approximate surface area is 135 Å². The number of nitrogens with zero attached hydrogens (tertiary/aromatic N) is 6. The van der Waals surface area contributed by atoms with Crippen LogP contribution in [0.1, 0.15) is 6.23 Å². The third kappa shape index (κ3) is 2.53. The zero-order chi connectivity index (χ0) is 17.3. The minimum atomic E-state index is -1.27. The molecular weight excluding hydrogens is 320 g/mol. The van der Waals surface area contributed by atoms with Gasteiger partial charge in [-0.3, -0.25) is 4.57 Å². The molecule has 0 saturated carbocycles. The van der Waals surface area contributed by atoms with E-state index in [0.29, 0.717) is 0 Å². The Morgan fingerprint density at radius 2 is 2.17 bits per heavy atom. The predicted molar refractivity (Wildman–Crippen MR) is 81.7 cm³/mol. The van der Waals surface area contributed by atoms with Crippen molar-refractivity contribution in [3.63, 3.8) is 0 Å². The van der Waals surface area contributed by atoms with Gasteiger partial charge in [0.15, 0.2) is 23.2 Å². The maximum atomic E-state index is 11.0. The molecule has 3 heterocycles. The number of aliphatic hydroxyl groups is 3. The van der Waals surface area contributed by atoms with Crippen LogP contribution in [0, 0.1) is 4.91 Å². The van der Waals surface area contributed by atoms with Crippen molar-refractivity contribution in [3.8, 4) is 0 Å². The molecule has 0 bridgehead atoms. The van der Waals surface area contributed by atoms with Crippen molar-refractivity contribution in [2.24, 2.45) is 5.29 Å². The largest absolute Gasteiger partial charge is 0.394 e. The quantitative estimate of drug-likeness (QED) is 0.347. The fourth-order valence-electron chi connectivity index (χ4n) is 2.61. The Bertz CT molecular complexity index is 752. The predicted octanol–water partition coefficient (Wildman–Crippen LogP) is -0.888.